The van der Waals surface area contributed by atoms with Crippen molar-refractivity contribution < 1.29 is 14.8 Å². The van der Waals surface area contributed by atoms with Crippen LogP contribution in [0.25, 0.3) is 5.69 Å². The molecule has 0 spiro atoms. The van der Waals surface area contributed by atoms with Crippen molar-refractivity contribution in [2.45, 2.75) is 19.8 Å². The standard InChI is InChI=1S/C13H13N3O4/c1-2-3-12-14-6-7-15(12)11-8-9(13(17)18)4-5-10(11)16(19)20/h4-8H,2-3H2,1H3,(H,17,18). The van der Waals surface area contributed by atoms with Crippen molar-refractivity contribution in [1.29, 1.82) is 0 Å². The molecule has 1 aromatic carbocycles. The number of aryl methyl sites for hydroxylation is 1. The van der Waals surface area contributed by atoms with Crippen molar-refractivity contribution in [3.8, 4) is 5.69 Å². The first kappa shape index (κ1) is 13.7. The van der Waals surface area contributed by atoms with Gasteiger partial charge in [0, 0.05) is 24.9 Å². The molecule has 2 rings (SSSR count). The maximum absolute atomic E-state index is 11.1. The molecule has 0 aliphatic heterocycles. The predicted octanol–water partition coefficient (Wildman–Crippen LogP) is 2.43. The van der Waals surface area contributed by atoms with Crippen LogP contribution in [0, 0.1) is 10.1 Å². The molecule has 7 nitrogen and oxygen atoms in total. The normalized spacial score (nSPS) is 10.4. The molecular weight excluding hydrogens is 262 g/mol. The number of hydrogen-bond donors (Lipinski definition) is 1. The lowest BCUT2D eigenvalue weighted by Crippen LogP contribution is -2.06. The third kappa shape index (κ3) is 2.51. The van der Waals surface area contributed by atoms with Crippen LogP contribution in [0.3, 0.4) is 0 Å². The van der Waals surface area contributed by atoms with Gasteiger partial charge in [-0.25, -0.2) is 9.78 Å². The zero-order valence-corrected chi connectivity index (χ0v) is 10.8. The minimum atomic E-state index is -1.13. The monoisotopic (exact) mass is 275 g/mol. The van der Waals surface area contributed by atoms with Crippen LogP contribution in [-0.4, -0.2) is 25.6 Å². The smallest absolute Gasteiger partial charge is 0.335 e. The molecule has 0 aliphatic rings. The van der Waals surface area contributed by atoms with Gasteiger partial charge < -0.3 is 5.11 Å². The lowest BCUT2D eigenvalue weighted by molar-refractivity contribution is -0.384. The van der Waals surface area contributed by atoms with E-state index in [1.807, 2.05) is 6.92 Å². The maximum atomic E-state index is 11.1. The fraction of sp³-hybridized carbons (Fsp3) is 0.231. The van der Waals surface area contributed by atoms with Crippen molar-refractivity contribution >= 4 is 11.7 Å². The van der Waals surface area contributed by atoms with E-state index in [1.165, 1.54) is 18.2 Å². The van der Waals surface area contributed by atoms with Gasteiger partial charge in [0.2, 0.25) is 0 Å². The van der Waals surface area contributed by atoms with Crippen LogP contribution in [0.1, 0.15) is 29.5 Å². The number of carboxylic acids is 1. The number of imidazole rings is 1. The Hall–Kier alpha value is -2.70. The summed E-state index contributed by atoms with van der Waals surface area (Å²) in [7, 11) is 0. The molecule has 0 bridgehead atoms. The number of hydrogen-bond acceptors (Lipinski definition) is 4. The number of carboxylic acid groups (broad SMARTS) is 1. The fourth-order valence-corrected chi connectivity index (χ4v) is 1.97. The Kier molecular flexibility index (Phi) is 3.79. The minimum Gasteiger partial charge on any atom is -0.478 e. The number of carbonyl (C=O) groups is 1. The van der Waals surface area contributed by atoms with E-state index in [1.54, 1.807) is 17.0 Å². The van der Waals surface area contributed by atoms with Crippen LogP contribution in [-0.2, 0) is 6.42 Å². The summed E-state index contributed by atoms with van der Waals surface area (Å²) in [6.07, 6.45) is 4.63. The number of nitro benzene ring substituents is 1. The topological polar surface area (TPSA) is 98.3 Å². The number of aromatic nitrogens is 2. The molecule has 1 aromatic heterocycles. The van der Waals surface area contributed by atoms with Gasteiger partial charge in [-0.1, -0.05) is 6.92 Å². The van der Waals surface area contributed by atoms with Gasteiger partial charge >= 0.3 is 5.97 Å². The second-order valence-corrected chi connectivity index (χ2v) is 4.23. The van der Waals surface area contributed by atoms with Gasteiger partial charge in [-0.3, -0.25) is 14.7 Å². The van der Waals surface area contributed by atoms with Gasteiger partial charge in [-0.2, -0.15) is 0 Å². The average Bonchev–Trinajstić information content (AvgIpc) is 2.86. The first-order valence-electron chi connectivity index (χ1n) is 6.09. The van der Waals surface area contributed by atoms with Crippen LogP contribution in [0.5, 0.6) is 0 Å². The summed E-state index contributed by atoms with van der Waals surface area (Å²) in [5.41, 5.74) is 0.0722. The van der Waals surface area contributed by atoms with Crippen molar-refractivity contribution in [3.63, 3.8) is 0 Å². The molecule has 0 saturated heterocycles. The highest BCUT2D eigenvalue weighted by atomic mass is 16.6. The lowest BCUT2D eigenvalue weighted by Gasteiger charge is -2.08. The zero-order chi connectivity index (χ0) is 14.7. The second-order valence-electron chi connectivity index (χ2n) is 4.23. The van der Waals surface area contributed by atoms with Crippen LogP contribution >= 0.6 is 0 Å². The second kappa shape index (κ2) is 5.52. The number of rotatable bonds is 5. The molecule has 1 N–H and O–H groups in total. The molecule has 7 heteroatoms. The molecule has 0 radical (unpaired) electrons. The highest BCUT2D eigenvalue weighted by Gasteiger charge is 2.19. The molecule has 104 valence electrons. The van der Waals surface area contributed by atoms with E-state index >= 15 is 0 Å². The quantitative estimate of drug-likeness (QED) is 0.667. The molecule has 20 heavy (non-hydrogen) atoms. The predicted molar refractivity (Wildman–Crippen MR) is 71.2 cm³/mol. The summed E-state index contributed by atoms with van der Waals surface area (Å²) in [6.45, 7) is 1.97. The minimum absolute atomic E-state index is 0.00162. The van der Waals surface area contributed by atoms with E-state index in [0.29, 0.717) is 12.2 Å². The van der Waals surface area contributed by atoms with Crippen molar-refractivity contribution in [2.24, 2.45) is 0 Å². The van der Waals surface area contributed by atoms with Crippen molar-refractivity contribution in [2.75, 3.05) is 0 Å². The van der Waals surface area contributed by atoms with Gasteiger partial charge in [0.15, 0.2) is 0 Å². The van der Waals surface area contributed by atoms with Crippen molar-refractivity contribution in [1.82, 2.24) is 9.55 Å². The fourth-order valence-electron chi connectivity index (χ4n) is 1.97. The number of nitro groups is 1. The van der Waals surface area contributed by atoms with Gasteiger partial charge in [0.25, 0.3) is 5.69 Å². The summed E-state index contributed by atoms with van der Waals surface area (Å²) in [5, 5.41) is 20.1. The van der Waals surface area contributed by atoms with E-state index < -0.39 is 10.9 Å². The van der Waals surface area contributed by atoms with E-state index in [9.17, 15) is 14.9 Å². The molecule has 0 amide bonds. The molecule has 0 saturated carbocycles. The number of nitrogens with zero attached hydrogens (tertiary/aromatic N) is 3. The Morgan fingerprint density at radius 3 is 2.85 bits per heavy atom. The average molecular weight is 275 g/mol. The van der Waals surface area contributed by atoms with E-state index in [2.05, 4.69) is 4.98 Å². The summed E-state index contributed by atoms with van der Waals surface area (Å²) < 4.78 is 1.56. The SMILES string of the molecule is CCCc1nccn1-c1cc(C(=O)O)ccc1[N+](=O)[O-]. The van der Waals surface area contributed by atoms with E-state index in [0.717, 1.165) is 6.42 Å². The van der Waals surface area contributed by atoms with Crippen molar-refractivity contribution in [3.05, 3.63) is 52.1 Å². The molecule has 0 aliphatic carbocycles. The highest BCUT2D eigenvalue weighted by Crippen LogP contribution is 2.25. The van der Waals surface area contributed by atoms with Crippen LogP contribution in [0.4, 0.5) is 5.69 Å². The summed E-state index contributed by atoms with van der Waals surface area (Å²) in [4.78, 5) is 25.7. The summed E-state index contributed by atoms with van der Waals surface area (Å²) in [6, 6.07) is 3.72. The van der Waals surface area contributed by atoms with Gasteiger partial charge in [0.05, 0.1) is 10.5 Å². The molecular formula is C13H13N3O4. The largest absolute Gasteiger partial charge is 0.478 e. The van der Waals surface area contributed by atoms with Crippen LogP contribution in [0.2, 0.25) is 0 Å². The Morgan fingerprint density at radius 2 is 2.25 bits per heavy atom. The van der Waals surface area contributed by atoms with Gasteiger partial charge in [-0.15, -0.1) is 0 Å². The Balaban J connectivity index is 2.63. The Morgan fingerprint density at radius 1 is 1.50 bits per heavy atom. The third-order valence-electron chi connectivity index (χ3n) is 2.87. The highest BCUT2D eigenvalue weighted by molar-refractivity contribution is 5.89. The molecule has 1 heterocycles. The summed E-state index contributed by atoms with van der Waals surface area (Å²) in [5.74, 6) is -0.462. The Bertz CT molecular complexity index is 663. The third-order valence-corrected chi connectivity index (χ3v) is 2.87. The number of aromatic carboxylic acids is 1. The van der Waals surface area contributed by atoms with Crippen LogP contribution in [0.15, 0.2) is 30.6 Å². The van der Waals surface area contributed by atoms with Crippen LogP contribution < -0.4 is 0 Å². The van der Waals surface area contributed by atoms with Gasteiger partial charge in [-0.05, 0) is 18.6 Å². The van der Waals surface area contributed by atoms with Gasteiger partial charge in [0.1, 0.15) is 11.5 Å². The zero-order valence-electron chi connectivity index (χ0n) is 10.8. The Labute approximate surface area is 114 Å². The molecule has 2 aromatic rings. The lowest BCUT2D eigenvalue weighted by atomic mass is 10.1. The maximum Gasteiger partial charge on any atom is 0.335 e. The first-order valence-corrected chi connectivity index (χ1v) is 6.09. The first-order chi connectivity index (χ1) is 9.54. The molecule has 0 fully saturated rings. The summed E-state index contributed by atoms with van der Waals surface area (Å²) >= 11 is 0. The van der Waals surface area contributed by atoms with E-state index in [4.69, 9.17) is 5.11 Å². The number of benzene rings is 1. The van der Waals surface area contributed by atoms with E-state index in [-0.39, 0.29) is 16.9 Å². The molecule has 0 atom stereocenters. The molecule has 0 unspecified atom stereocenters.